The van der Waals surface area contributed by atoms with Gasteiger partial charge in [-0.05, 0) is 44.9 Å². The van der Waals surface area contributed by atoms with E-state index in [0.29, 0.717) is 6.61 Å². The summed E-state index contributed by atoms with van der Waals surface area (Å²) in [5.41, 5.74) is 4.51. The monoisotopic (exact) mass is 244 g/mol. The molecule has 2 rings (SSSR count). The summed E-state index contributed by atoms with van der Waals surface area (Å²) in [7, 11) is 0. The quantitative estimate of drug-likeness (QED) is 0.824. The van der Waals surface area contributed by atoms with Gasteiger partial charge in [-0.15, -0.1) is 0 Å². The molecule has 0 aliphatic heterocycles. The molecule has 0 bridgehead atoms. The number of benzene rings is 1. The predicted molar refractivity (Wildman–Crippen MR) is 72.9 cm³/mol. The van der Waals surface area contributed by atoms with E-state index < -0.39 is 0 Å². The van der Waals surface area contributed by atoms with Crippen molar-refractivity contribution in [3.05, 3.63) is 46.8 Å². The smallest absolute Gasteiger partial charge is 0.130 e. The maximum absolute atomic E-state index is 5.95. The van der Waals surface area contributed by atoms with Crippen molar-refractivity contribution < 1.29 is 4.74 Å². The molecule has 0 atom stereocenters. The molecule has 0 saturated heterocycles. The van der Waals surface area contributed by atoms with Crippen LogP contribution in [0.2, 0.25) is 0 Å². The largest absolute Gasteiger partial charge is 0.487 e. The van der Waals surface area contributed by atoms with E-state index in [1.54, 1.807) is 0 Å². The van der Waals surface area contributed by atoms with Crippen LogP contribution in [0, 0.1) is 20.8 Å². The number of nitrogens with zero attached hydrogens (tertiary/aromatic N) is 2. The minimum Gasteiger partial charge on any atom is -0.487 e. The Balaban J connectivity index is 2.16. The van der Waals surface area contributed by atoms with Crippen LogP contribution in [0.25, 0.3) is 0 Å². The first-order chi connectivity index (χ1) is 8.61. The minimum atomic E-state index is 0.570. The van der Waals surface area contributed by atoms with Gasteiger partial charge in [0.2, 0.25) is 0 Å². The Hall–Kier alpha value is -1.77. The van der Waals surface area contributed by atoms with Gasteiger partial charge in [0.25, 0.3) is 0 Å². The average molecular weight is 244 g/mol. The molecule has 0 spiro atoms. The molecule has 0 radical (unpaired) electrons. The van der Waals surface area contributed by atoms with Gasteiger partial charge in [-0.3, -0.25) is 4.68 Å². The van der Waals surface area contributed by atoms with Crippen LogP contribution in [0.4, 0.5) is 0 Å². The lowest BCUT2D eigenvalue weighted by Gasteiger charge is -2.12. The fourth-order valence-corrected chi connectivity index (χ4v) is 2.16. The molecule has 3 nitrogen and oxygen atoms in total. The summed E-state index contributed by atoms with van der Waals surface area (Å²) < 4.78 is 7.94. The molecule has 1 aromatic carbocycles. The summed E-state index contributed by atoms with van der Waals surface area (Å²) >= 11 is 0. The van der Waals surface area contributed by atoms with Crippen molar-refractivity contribution in [3.63, 3.8) is 0 Å². The Morgan fingerprint density at radius 1 is 1.17 bits per heavy atom. The molecule has 0 unspecified atom stereocenters. The lowest BCUT2D eigenvalue weighted by molar-refractivity contribution is 0.288. The number of para-hydroxylation sites is 1. The molecule has 18 heavy (non-hydrogen) atoms. The summed E-state index contributed by atoms with van der Waals surface area (Å²) in [5.74, 6) is 0.985. The third-order valence-corrected chi connectivity index (χ3v) is 3.06. The molecular weight excluding hydrogens is 224 g/mol. The standard InChI is InChI=1S/C15H20N2O/c1-5-17-14(9-13(4)16-17)10-18-15-11(2)7-6-8-12(15)3/h6-9H,5,10H2,1-4H3. The normalized spacial score (nSPS) is 10.7. The van der Waals surface area contributed by atoms with E-state index in [1.807, 2.05) is 11.6 Å². The van der Waals surface area contributed by atoms with E-state index in [-0.39, 0.29) is 0 Å². The van der Waals surface area contributed by atoms with Gasteiger partial charge in [-0.1, -0.05) is 18.2 Å². The zero-order valence-corrected chi connectivity index (χ0v) is 11.5. The minimum absolute atomic E-state index is 0.570. The second kappa shape index (κ2) is 5.25. The highest BCUT2D eigenvalue weighted by atomic mass is 16.5. The highest BCUT2D eigenvalue weighted by Gasteiger charge is 2.07. The Labute approximate surface area is 108 Å². The first-order valence-corrected chi connectivity index (χ1v) is 6.34. The molecule has 0 aliphatic rings. The molecule has 96 valence electrons. The van der Waals surface area contributed by atoms with Crippen LogP contribution in [0.5, 0.6) is 5.75 Å². The van der Waals surface area contributed by atoms with Crippen molar-refractivity contribution in [1.29, 1.82) is 0 Å². The van der Waals surface area contributed by atoms with E-state index in [4.69, 9.17) is 4.74 Å². The first-order valence-electron chi connectivity index (χ1n) is 6.34. The van der Waals surface area contributed by atoms with Crippen molar-refractivity contribution in [1.82, 2.24) is 9.78 Å². The van der Waals surface area contributed by atoms with E-state index >= 15 is 0 Å². The highest BCUT2D eigenvalue weighted by Crippen LogP contribution is 2.23. The number of aryl methyl sites for hydroxylation is 4. The third-order valence-electron chi connectivity index (χ3n) is 3.06. The van der Waals surface area contributed by atoms with Crippen LogP contribution in [0.3, 0.4) is 0 Å². The molecule has 0 aliphatic carbocycles. The zero-order valence-electron chi connectivity index (χ0n) is 11.5. The van der Waals surface area contributed by atoms with Gasteiger partial charge < -0.3 is 4.74 Å². The van der Waals surface area contributed by atoms with E-state index in [2.05, 4.69) is 50.1 Å². The Kier molecular flexibility index (Phi) is 3.70. The van der Waals surface area contributed by atoms with Gasteiger partial charge in [0.05, 0.1) is 11.4 Å². The van der Waals surface area contributed by atoms with Crippen molar-refractivity contribution in [2.75, 3.05) is 0 Å². The summed E-state index contributed by atoms with van der Waals surface area (Å²) in [6, 6.07) is 8.28. The fraction of sp³-hybridized carbons (Fsp3) is 0.400. The zero-order chi connectivity index (χ0) is 13.1. The SMILES string of the molecule is CCn1nc(C)cc1COc1c(C)cccc1C. The summed E-state index contributed by atoms with van der Waals surface area (Å²) in [6.07, 6.45) is 0. The topological polar surface area (TPSA) is 27.1 Å². The van der Waals surface area contributed by atoms with Crippen LogP contribution in [-0.4, -0.2) is 9.78 Å². The second-order valence-electron chi connectivity index (χ2n) is 4.60. The molecular formula is C15H20N2O. The second-order valence-corrected chi connectivity index (χ2v) is 4.60. The van der Waals surface area contributed by atoms with Crippen LogP contribution >= 0.6 is 0 Å². The first kappa shape index (κ1) is 12.7. The van der Waals surface area contributed by atoms with Gasteiger partial charge in [-0.25, -0.2) is 0 Å². The lowest BCUT2D eigenvalue weighted by Crippen LogP contribution is -2.07. The van der Waals surface area contributed by atoms with Crippen LogP contribution in [0.1, 0.15) is 29.4 Å². The summed E-state index contributed by atoms with van der Waals surface area (Å²) in [4.78, 5) is 0. The van der Waals surface area contributed by atoms with Gasteiger partial charge >= 0.3 is 0 Å². The Morgan fingerprint density at radius 3 is 2.44 bits per heavy atom. The molecule has 0 amide bonds. The van der Waals surface area contributed by atoms with Crippen molar-refractivity contribution in [3.8, 4) is 5.75 Å². The van der Waals surface area contributed by atoms with Crippen LogP contribution in [-0.2, 0) is 13.2 Å². The third kappa shape index (κ3) is 2.55. The number of aromatic nitrogens is 2. The van der Waals surface area contributed by atoms with Gasteiger partial charge in [0.15, 0.2) is 0 Å². The maximum Gasteiger partial charge on any atom is 0.130 e. The predicted octanol–water partition coefficient (Wildman–Crippen LogP) is 3.41. The lowest BCUT2D eigenvalue weighted by atomic mass is 10.1. The van der Waals surface area contributed by atoms with Gasteiger partial charge in [-0.2, -0.15) is 5.10 Å². The highest BCUT2D eigenvalue weighted by molar-refractivity contribution is 5.39. The van der Waals surface area contributed by atoms with Crippen molar-refractivity contribution in [2.45, 2.75) is 40.8 Å². The summed E-state index contributed by atoms with van der Waals surface area (Å²) in [5, 5.41) is 4.42. The molecule has 3 heteroatoms. The van der Waals surface area contributed by atoms with Crippen LogP contribution in [0.15, 0.2) is 24.3 Å². The Morgan fingerprint density at radius 2 is 1.83 bits per heavy atom. The van der Waals surface area contributed by atoms with Gasteiger partial charge in [0, 0.05) is 6.54 Å². The molecule has 2 aromatic rings. The molecule has 1 aromatic heterocycles. The number of hydrogen-bond acceptors (Lipinski definition) is 2. The van der Waals surface area contributed by atoms with E-state index in [9.17, 15) is 0 Å². The fourth-order valence-electron chi connectivity index (χ4n) is 2.16. The molecule has 0 fully saturated rings. The van der Waals surface area contributed by atoms with E-state index in [1.165, 1.54) is 11.1 Å². The molecule has 1 heterocycles. The average Bonchev–Trinajstić information content (AvgIpc) is 2.69. The number of hydrogen-bond donors (Lipinski definition) is 0. The molecule has 0 N–H and O–H groups in total. The molecule has 0 saturated carbocycles. The van der Waals surface area contributed by atoms with E-state index in [0.717, 1.165) is 23.7 Å². The van der Waals surface area contributed by atoms with Crippen molar-refractivity contribution in [2.24, 2.45) is 0 Å². The van der Waals surface area contributed by atoms with Crippen LogP contribution < -0.4 is 4.74 Å². The van der Waals surface area contributed by atoms with Gasteiger partial charge in [0.1, 0.15) is 12.4 Å². The maximum atomic E-state index is 5.95. The number of ether oxygens (including phenoxy) is 1. The Bertz CT molecular complexity index is 523. The van der Waals surface area contributed by atoms with Crippen molar-refractivity contribution >= 4 is 0 Å². The number of rotatable bonds is 4. The summed E-state index contributed by atoms with van der Waals surface area (Å²) in [6.45, 7) is 9.69.